The van der Waals surface area contributed by atoms with Gasteiger partial charge in [-0.2, -0.15) is 0 Å². The fourth-order valence-corrected chi connectivity index (χ4v) is 4.21. The molecule has 28 heavy (non-hydrogen) atoms. The number of rotatable bonds is 8. The minimum absolute atomic E-state index is 0.00195. The molecule has 1 unspecified atom stereocenters. The summed E-state index contributed by atoms with van der Waals surface area (Å²) in [5, 5.41) is 3.17. The molecule has 0 saturated heterocycles. The molecule has 0 aliphatic carbocycles. The van der Waals surface area contributed by atoms with Gasteiger partial charge in [-0.3, -0.25) is 9.10 Å². The van der Waals surface area contributed by atoms with Gasteiger partial charge in [-0.1, -0.05) is 30.7 Å². The smallest absolute Gasteiger partial charge is 0.248 e. The van der Waals surface area contributed by atoms with Gasteiger partial charge in [0.25, 0.3) is 0 Å². The first-order valence-corrected chi connectivity index (χ1v) is 11.2. The minimum Gasteiger partial charge on any atom is -0.491 e. The second kappa shape index (κ2) is 9.30. The van der Waals surface area contributed by atoms with Crippen LogP contribution in [0.25, 0.3) is 0 Å². The molecule has 0 aromatic heterocycles. The van der Waals surface area contributed by atoms with Gasteiger partial charge in [0.05, 0.1) is 18.0 Å². The molecule has 2 aromatic carbocycles. The number of carbonyl (C=O) groups is 1. The highest BCUT2D eigenvalue weighted by Gasteiger charge is 2.31. The van der Waals surface area contributed by atoms with Gasteiger partial charge in [0.1, 0.15) is 11.8 Å². The topological polar surface area (TPSA) is 75.7 Å². The first-order chi connectivity index (χ1) is 13.1. The van der Waals surface area contributed by atoms with E-state index in [0.29, 0.717) is 22.1 Å². The van der Waals surface area contributed by atoms with Crippen LogP contribution in [0.15, 0.2) is 48.5 Å². The standard InChI is InChI=1S/C20H25ClN2O4S/c1-5-19(23(28(4,25)26)17-10-6-8-15(21)12-17)20(24)22-16-9-7-11-18(13-16)27-14(2)3/h6-14,19H,5H2,1-4H3,(H,22,24). The van der Waals surface area contributed by atoms with Crippen LogP contribution in [-0.4, -0.2) is 32.7 Å². The zero-order chi connectivity index (χ0) is 20.9. The molecule has 1 atom stereocenters. The van der Waals surface area contributed by atoms with Crippen molar-refractivity contribution in [3.05, 3.63) is 53.6 Å². The number of hydrogen-bond acceptors (Lipinski definition) is 4. The molecule has 0 aliphatic heterocycles. The van der Waals surface area contributed by atoms with E-state index in [0.717, 1.165) is 10.6 Å². The summed E-state index contributed by atoms with van der Waals surface area (Å²) < 4.78 is 31.7. The van der Waals surface area contributed by atoms with Crippen molar-refractivity contribution in [2.24, 2.45) is 0 Å². The normalized spacial score (nSPS) is 12.5. The molecule has 8 heteroatoms. The molecule has 0 saturated carbocycles. The zero-order valence-electron chi connectivity index (χ0n) is 16.3. The molecular formula is C20H25ClN2O4S. The fourth-order valence-electron chi connectivity index (χ4n) is 2.82. The van der Waals surface area contributed by atoms with Crippen LogP contribution in [0, 0.1) is 0 Å². The monoisotopic (exact) mass is 424 g/mol. The highest BCUT2D eigenvalue weighted by molar-refractivity contribution is 7.92. The number of nitrogens with zero attached hydrogens (tertiary/aromatic N) is 1. The fraction of sp³-hybridized carbons (Fsp3) is 0.350. The van der Waals surface area contributed by atoms with Crippen LogP contribution in [0.4, 0.5) is 11.4 Å². The predicted octanol–water partition coefficient (Wildman–Crippen LogP) is 4.31. The molecule has 0 spiro atoms. The van der Waals surface area contributed by atoms with Crippen LogP contribution in [0.2, 0.25) is 5.02 Å². The van der Waals surface area contributed by atoms with Crippen molar-refractivity contribution in [3.8, 4) is 5.75 Å². The molecule has 6 nitrogen and oxygen atoms in total. The summed E-state index contributed by atoms with van der Waals surface area (Å²) in [6, 6.07) is 12.5. The molecular weight excluding hydrogens is 400 g/mol. The SMILES string of the molecule is CCC(C(=O)Nc1cccc(OC(C)C)c1)N(c1cccc(Cl)c1)S(C)(=O)=O. The molecule has 2 rings (SSSR count). The average molecular weight is 425 g/mol. The van der Waals surface area contributed by atoms with Gasteiger partial charge >= 0.3 is 0 Å². The molecule has 0 fully saturated rings. The van der Waals surface area contributed by atoms with Crippen LogP contribution in [0.1, 0.15) is 27.2 Å². The number of nitrogens with one attached hydrogen (secondary N) is 1. The van der Waals surface area contributed by atoms with Crippen molar-refractivity contribution in [2.45, 2.75) is 39.3 Å². The Morgan fingerprint density at radius 1 is 1.18 bits per heavy atom. The Morgan fingerprint density at radius 2 is 1.86 bits per heavy atom. The summed E-state index contributed by atoms with van der Waals surface area (Å²) in [7, 11) is -3.72. The Kier molecular flexibility index (Phi) is 7.32. The lowest BCUT2D eigenvalue weighted by Crippen LogP contribution is -2.47. The molecule has 0 bridgehead atoms. The van der Waals surface area contributed by atoms with Crippen LogP contribution in [0.3, 0.4) is 0 Å². The lowest BCUT2D eigenvalue weighted by atomic mass is 10.1. The van der Waals surface area contributed by atoms with Gasteiger partial charge in [-0.15, -0.1) is 0 Å². The Labute approximate surface area is 171 Å². The third-order valence-corrected chi connectivity index (χ3v) is 5.28. The molecule has 1 N–H and O–H groups in total. The van der Waals surface area contributed by atoms with Crippen molar-refractivity contribution >= 4 is 38.9 Å². The van der Waals surface area contributed by atoms with Crippen molar-refractivity contribution < 1.29 is 17.9 Å². The van der Waals surface area contributed by atoms with Gasteiger partial charge < -0.3 is 10.1 Å². The van der Waals surface area contributed by atoms with Crippen molar-refractivity contribution in [1.29, 1.82) is 0 Å². The number of amides is 1. The number of sulfonamides is 1. The summed E-state index contributed by atoms with van der Waals surface area (Å²) in [4.78, 5) is 12.9. The van der Waals surface area contributed by atoms with E-state index in [4.69, 9.17) is 16.3 Å². The Bertz CT molecular complexity index is 931. The Hall–Kier alpha value is -2.25. The van der Waals surface area contributed by atoms with Crippen LogP contribution in [-0.2, 0) is 14.8 Å². The lowest BCUT2D eigenvalue weighted by Gasteiger charge is -2.30. The number of hydrogen-bond donors (Lipinski definition) is 1. The first-order valence-electron chi connectivity index (χ1n) is 8.94. The quantitative estimate of drug-likeness (QED) is 0.685. The summed E-state index contributed by atoms with van der Waals surface area (Å²) in [5.74, 6) is 0.185. The number of ether oxygens (including phenoxy) is 1. The van der Waals surface area contributed by atoms with Gasteiger partial charge in [0.15, 0.2) is 0 Å². The van der Waals surface area contributed by atoms with Crippen LogP contribution in [0.5, 0.6) is 5.75 Å². The van der Waals surface area contributed by atoms with E-state index in [9.17, 15) is 13.2 Å². The summed E-state index contributed by atoms with van der Waals surface area (Å²) in [6.45, 7) is 5.58. The number of carbonyl (C=O) groups excluding carboxylic acids is 1. The largest absolute Gasteiger partial charge is 0.491 e. The molecule has 1 amide bonds. The Morgan fingerprint density at radius 3 is 2.43 bits per heavy atom. The van der Waals surface area contributed by atoms with E-state index in [2.05, 4.69) is 5.32 Å². The second-order valence-electron chi connectivity index (χ2n) is 6.65. The van der Waals surface area contributed by atoms with Crippen molar-refractivity contribution in [3.63, 3.8) is 0 Å². The number of anilines is 2. The highest BCUT2D eigenvalue weighted by atomic mass is 35.5. The molecule has 0 heterocycles. The average Bonchev–Trinajstić information content (AvgIpc) is 2.58. The minimum atomic E-state index is -3.72. The molecule has 152 valence electrons. The maximum Gasteiger partial charge on any atom is 0.248 e. The van der Waals surface area contributed by atoms with E-state index in [1.54, 1.807) is 49.4 Å². The second-order valence-corrected chi connectivity index (χ2v) is 8.94. The first kappa shape index (κ1) is 22.0. The maximum atomic E-state index is 12.9. The zero-order valence-corrected chi connectivity index (χ0v) is 17.9. The third-order valence-electron chi connectivity index (χ3n) is 3.87. The third kappa shape index (κ3) is 5.87. The van der Waals surface area contributed by atoms with E-state index in [-0.39, 0.29) is 12.5 Å². The van der Waals surface area contributed by atoms with E-state index in [1.807, 2.05) is 13.8 Å². The van der Waals surface area contributed by atoms with Crippen molar-refractivity contribution in [1.82, 2.24) is 0 Å². The van der Waals surface area contributed by atoms with Gasteiger partial charge in [0.2, 0.25) is 15.9 Å². The van der Waals surface area contributed by atoms with E-state index < -0.39 is 22.0 Å². The highest BCUT2D eigenvalue weighted by Crippen LogP contribution is 2.26. The lowest BCUT2D eigenvalue weighted by molar-refractivity contribution is -0.117. The van der Waals surface area contributed by atoms with Crippen molar-refractivity contribution in [2.75, 3.05) is 15.9 Å². The van der Waals surface area contributed by atoms with Gasteiger partial charge in [-0.05, 0) is 50.6 Å². The summed E-state index contributed by atoms with van der Waals surface area (Å²) >= 11 is 6.02. The van der Waals surface area contributed by atoms with Crippen LogP contribution < -0.4 is 14.4 Å². The van der Waals surface area contributed by atoms with E-state index in [1.165, 1.54) is 6.07 Å². The predicted molar refractivity (Wildman–Crippen MR) is 114 cm³/mol. The summed E-state index contributed by atoms with van der Waals surface area (Å²) in [6.07, 6.45) is 1.35. The Balaban J connectivity index is 2.32. The molecule has 0 radical (unpaired) electrons. The molecule has 0 aliphatic rings. The van der Waals surface area contributed by atoms with Crippen LogP contribution >= 0.6 is 11.6 Å². The number of benzene rings is 2. The van der Waals surface area contributed by atoms with Gasteiger partial charge in [0, 0.05) is 16.8 Å². The maximum absolute atomic E-state index is 12.9. The number of halogens is 1. The van der Waals surface area contributed by atoms with Gasteiger partial charge in [-0.25, -0.2) is 8.42 Å². The molecule has 2 aromatic rings. The van der Waals surface area contributed by atoms with E-state index >= 15 is 0 Å². The summed E-state index contributed by atoms with van der Waals surface area (Å²) in [5.41, 5.74) is 0.870.